The molecule has 214 valence electrons. The number of carbonyl (C=O) groups excluding carboxylic acids is 1. The van der Waals surface area contributed by atoms with Crippen molar-refractivity contribution in [3.05, 3.63) is 83.3 Å². The zero-order chi connectivity index (χ0) is 28.3. The molecule has 2 atom stereocenters. The van der Waals surface area contributed by atoms with Gasteiger partial charge in [0.15, 0.2) is 0 Å². The summed E-state index contributed by atoms with van der Waals surface area (Å²) < 4.78 is 7.39. The van der Waals surface area contributed by atoms with Gasteiger partial charge in [0.25, 0.3) is 0 Å². The maximum absolute atomic E-state index is 12.4. The second kappa shape index (κ2) is 11.9. The first-order chi connectivity index (χ1) is 20.0. The fraction of sp³-hybridized carbons (Fsp3) is 0.424. The van der Waals surface area contributed by atoms with Crippen LogP contribution >= 0.6 is 0 Å². The van der Waals surface area contributed by atoms with Gasteiger partial charge in [0, 0.05) is 87.9 Å². The average molecular weight is 553 g/mol. The van der Waals surface area contributed by atoms with Crippen molar-refractivity contribution in [1.82, 2.24) is 20.0 Å². The summed E-state index contributed by atoms with van der Waals surface area (Å²) in [5.41, 5.74) is 7.83. The normalized spacial score (nSPS) is 20.7. The topological polar surface area (TPSA) is 86.5 Å². The Bertz CT molecular complexity index is 1440. The number of hydrogen-bond donors (Lipinski definition) is 2. The molecule has 8 nitrogen and oxygen atoms in total. The molecule has 3 aliphatic rings. The van der Waals surface area contributed by atoms with Crippen LogP contribution in [0.15, 0.2) is 72.2 Å². The van der Waals surface area contributed by atoms with Crippen LogP contribution in [-0.4, -0.2) is 65.8 Å². The first-order valence-electron chi connectivity index (χ1n) is 14.8. The Morgan fingerprint density at radius 1 is 1.17 bits per heavy atom. The molecular formula is C33H40N6O2. The smallest absolute Gasteiger partial charge is 0.219 e. The predicted octanol–water partition coefficient (Wildman–Crippen LogP) is 4.73. The Hall–Kier alpha value is -3.91. The van der Waals surface area contributed by atoms with Gasteiger partial charge >= 0.3 is 0 Å². The molecule has 1 unspecified atom stereocenters. The molecule has 1 aromatic heterocycles. The summed E-state index contributed by atoms with van der Waals surface area (Å²) in [4.78, 5) is 16.5. The van der Waals surface area contributed by atoms with E-state index in [4.69, 9.17) is 4.74 Å². The third kappa shape index (κ3) is 5.93. The van der Waals surface area contributed by atoms with Crippen LogP contribution in [0, 0.1) is 11.3 Å². The van der Waals surface area contributed by atoms with E-state index in [0.717, 1.165) is 80.1 Å². The molecule has 1 amide bonds. The van der Waals surface area contributed by atoms with Crippen LogP contribution in [-0.2, 0) is 23.0 Å². The molecule has 2 aromatic carbocycles. The van der Waals surface area contributed by atoms with Crippen molar-refractivity contribution >= 4 is 17.4 Å². The first kappa shape index (κ1) is 27.3. The van der Waals surface area contributed by atoms with Crippen molar-refractivity contribution in [1.29, 1.82) is 5.41 Å². The number of benzene rings is 2. The van der Waals surface area contributed by atoms with E-state index in [9.17, 15) is 10.2 Å². The molecule has 8 heteroatoms. The molecule has 0 aliphatic carbocycles. The lowest BCUT2D eigenvalue weighted by Crippen LogP contribution is -2.46. The molecule has 0 spiro atoms. The van der Waals surface area contributed by atoms with Crippen LogP contribution < -0.4 is 10.2 Å². The van der Waals surface area contributed by atoms with Crippen molar-refractivity contribution in [2.45, 2.75) is 38.5 Å². The molecule has 1 saturated heterocycles. The number of nitrogens with one attached hydrogen (secondary N) is 2. The van der Waals surface area contributed by atoms with Crippen LogP contribution in [0.1, 0.15) is 43.2 Å². The minimum atomic E-state index is 0.0553. The van der Waals surface area contributed by atoms with E-state index >= 15 is 0 Å². The minimum Gasteiger partial charge on any atom is -0.388 e. The van der Waals surface area contributed by atoms with Crippen LogP contribution in [0.3, 0.4) is 0 Å². The van der Waals surface area contributed by atoms with Gasteiger partial charge in [-0.1, -0.05) is 36.4 Å². The van der Waals surface area contributed by atoms with Crippen molar-refractivity contribution in [2.24, 2.45) is 13.0 Å². The quantitative estimate of drug-likeness (QED) is 0.327. The fourth-order valence-electron chi connectivity index (χ4n) is 6.42. The van der Waals surface area contributed by atoms with Crippen LogP contribution in [0.4, 0.5) is 5.69 Å². The summed E-state index contributed by atoms with van der Waals surface area (Å²) in [6.07, 6.45) is 7.76. The molecule has 0 radical (unpaired) electrons. The zero-order valence-electron chi connectivity index (χ0n) is 24.1. The van der Waals surface area contributed by atoms with E-state index in [1.807, 2.05) is 29.0 Å². The number of ether oxygens (including phenoxy) is 1. The van der Waals surface area contributed by atoms with Gasteiger partial charge in [-0.2, -0.15) is 5.10 Å². The molecule has 2 N–H and O–H groups in total. The van der Waals surface area contributed by atoms with Crippen molar-refractivity contribution < 1.29 is 9.53 Å². The minimum absolute atomic E-state index is 0.0553. The second-order valence-corrected chi connectivity index (χ2v) is 11.6. The Morgan fingerprint density at radius 3 is 2.76 bits per heavy atom. The van der Waals surface area contributed by atoms with E-state index in [1.165, 1.54) is 11.1 Å². The fourth-order valence-corrected chi connectivity index (χ4v) is 6.42. The Labute approximate surface area is 242 Å². The number of fused-ring (bicyclic) bond motifs is 1. The number of hydrogen-bond acceptors (Lipinski definition) is 5. The lowest BCUT2D eigenvalue weighted by Gasteiger charge is -2.39. The standard InChI is InChI=1S/C33H40N6O2/c1-23(40)38-14-11-31(35-13-10-24-12-15-41-22-24)30(21-38)33(34)39-20-28(25-6-4-3-5-7-25)17-27-16-26(8-9-32(27)39)29-18-36-37(2)19-29/h3-9,16,18-19,24,28,34-35H,10-15,17,20-22H2,1-2H3/t24-,28?/m0/s1. The first-order valence-corrected chi connectivity index (χ1v) is 14.8. The van der Waals surface area contributed by atoms with Crippen LogP contribution in [0.25, 0.3) is 11.1 Å². The highest BCUT2D eigenvalue weighted by Crippen LogP contribution is 2.38. The summed E-state index contributed by atoms with van der Waals surface area (Å²) in [6, 6.07) is 17.2. The van der Waals surface area contributed by atoms with E-state index in [1.54, 1.807) is 6.92 Å². The molecule has 3 aromatic rings. The molecule has 1 fully saturated rings. The number of anilines is 1. The molecule has 0 bridgehead atoms. The van der Waals surface area contributed by atoms with E-state index < -0.39 is 0 Å². The summed E-state index contributed by atoms with van der Waals surface area (Å²) >= 11 is 0. The summed E-state index contributed by atoms with van der Waals surface area (Å²) in [5.74, 6) is 1.39. The SMILES string of the molecule is CC(=O)N1CCC(NCC[C@H]2CCOC2)=C(C(=N)N2CC(c3ccccc3)Cc3cc(-c4cnn(C)c4)ccc32)C1. The number of nitrogens with zero attached hydrogens (tertiary/aromatic N) is 4. The lowest BCUT2D eigenvalue weighted by atomic mass is 9.85. The van der Waals surface area contributed by atoms with Gasteiger partial charge in [0.05, 0.1) is 12.7 Å². The van der Waals surface area contributed by atoms with Gasteiger partial charge in [-0.25, -0.2) is 0 Å². The Kier molecular flexibility index (Phi) is 7.92. The third-order valence-corrected chi connectivity index (χ3v) is 8.81. The zero-order valence-corrected chi connectivity index (χ0v) is 24.1. The molecule has 41 heavy (non-hydrogen) atoms. The average Bonchev–Trinajstić information content (AvgIpc) is 3.68. The summed E-state index contributed by atoms with van der Waals surface area (Å²) in [7, 11) is 1.94. The Balaban J connectivity index is 1.34. The highest BCUT2D eigenvalue weighted by atomic mass is 16.5. The number of amides is 1. The molecule has 4 heterocycles. The van der Waals surface area contributed by atoms with E-state index in [0.29, 0.717) is 24.8 Å². The number of carbonyl (C=O) groups is 1. The van der Waals surface area contributed by atoms with Gasteiger partial charge in [0.2, 0.25) is 5.91 Å². The highest BCUT2D eigenvalue weighted by Gasteiger charge is 2.32. The van der Waals surface area contributed by atoms with E-state index in [2.05, 4.69) is 63.8 Å². The highest BCUT2D eigenvalue weighted by molar-refractivity contribution is 6.09. The van der Waals surface area contributed by atoms with Crippen molar-refractivity contribution in [3.63, 3.8) is 0 Å². The lowest BCUT2D eigenvalue weighted by molar-refractivity contribution is -0.128. The van der Waals surface area contributed by atoms with Crippen LogP contribution in [0.2, 0.25) is 0 Å². The van der Waals surface area contributed by atoms with Crippen molar-refractivity contribution in [3.8, 4) is 11.1 Å². The summed E-state index contributed by atoms with van der Waals surface area (Å²) in [5, 5.41) is 17.7. The number of aryl methyl sites for hydroxylation is 1. The number of amidine groups is 1. The maximum Gasteiger partial charge on any atom is 0.219 e. The van der Waals surface area contributed by atoms with E-state index in [-0.39, 0.29) is 11.8 Å². The predicted molar refractivity (Wildman–Crippen MR) is 162 cm³/mol. The monoisotopic (exact) mass is 552 g/mol. The molecular weight excluding hydrogens is 512 g/mol. The largest absolute Gasteiger partial charge is 0.388 e. The van der Waals surface area contributed by atoms with Gasteiger partial charge < -0.3 is 19.9 Å². The molecule has 3 aliphatic heterocycles. The van der Waals surface area contributed by atoms with Gasteiger partial charge in [-0.15, -0.1) is 0 Å². The maximum atomic E-state index is 12.4. The van der Waals surface area contributed by atoms with Crippen molar-refractivity contribution in [2.75, 3.05) is 44.3 Å². The second-order valence-electron chi connectivity index (χ2n) is 11.6. The molecule has 0 saturated carbocycles. The summed E-state index contributed by atoms with van der Waals surface area (Å²) in [6.45, 7) is 6.04. The Morgan fingerprint density at radius 2 is 2.02 bits per heavy atom. The third-order valence-electron chi connectivity index (χ3n) is 8.81. The van der Waals surface area contributed by atoms with Gasteiger partial charge in [-0.3, -0.25) is 14.9 Å². The van der Waals surface area contributed by atoms with Crippen LogP contribution in [0.5, 0.6) is 0 Å². The number of rotatable bonds is 7. The number of aromatic nitrogens is 2. The van der Waals surface area contributed by atoms with Gasteiger partial charge in [0.1, 0.15) is 5.84 Å². The molecule has 6 rings (SSSR count). The van der Waals surface area contributed by atoms with Gasteiger partial charge in [-0.05, 0) is 54.0 Å².